The maximum absolute atomic E-state index is 8.95. The van der Waals surface area contributed by atoms with Gasteiger partial charge in [-0.15, -0.1) is 0 Å². The highest BCUT2D eigenvalue weighted by atomic mass is 16.3. The Hall–Kier alpha value is -1.22. The fraction of sp³-hybridized carbons (Fsp3) is 0.538. The molecule has 1 aromatic carbocycles. The minimum atomic E-state index is 0.293. The van der Waals surface area contributed by atoms with Gasteiger partial charge in [0, 0.05) is 19.7 Å². The number of nitrogens with two attached hydrogens (primary N) is 1. The molecule has 1 aliphatic rings. The minimum absolute atomic E-state index is 0.293. The lowest BCUT2D eigenvalue weighted by Crippen LogP contribution is -2.22. The van der Waals surface area contributed by atoms with Gasteiger partial charge in [-0.3, -0.25) is 0 Å². The van der Waals surface area contributed by atoms with Crippen molar-refractivity contribution in [1.82, 2.24) is 0 Å². The Bertz CT molecular complexity index is 345. The number of hydrogen-bond acceptors (Lipinski definition) is 3. The molecule has 0 aliphatic carbocycles. The predicted molar refractivity (Wildman–Crippen MR) is 67.6 cm³/mol. The molecule has 3 N–H and O–H groups in total. The van der Waals surface area contributed by atoms with E-state index in [9.17, 15) is 0 Å². The van der Waals surface area contributed by atoms with Crippen molar-refractivity contribution < 1.29 is 5.11 Å². The van der Waals surface area contributed by atoms with E-state index < -0.39 is 0 Å². The van der Waals surface area contributed by atoms with Crippen molar-refractivity contribution in [3.8, 4) is 0 Å². The van der Waals surface area contributed by atoms with Crippen molar-refractivity contribution in [1.29, 1.82) is 0 Å². The molecule has 2 rings (SSSR count). The summed E-state index contributed by atoms with van der Waals surface area (Å²) in [5, 5.41) is 8.95. The van der Waals surface area contributed by atoms with Crippen LogP contribution in [0.1, 0.15) is 18.4 Å². The Labute approximate surface area is 96.9 Å². The Kier molecular flexibility index (Phi) is 3.34. The zero-order valence-corrected chi connectivity index (χ0v) is 9.82. The number of aliphatic hydroxyl groups excluding tert-OH is 1. The molecule has 3 nitrogen and oxygen atoms in total. The summed E-state index contributed by atoms with van der Waals surface area (Å²) in [7, 11) is 0. The highest BCUT2D eigenvalue weighted by Crippen LogP contribution is 2.32. The van der Waals surface area contributed by atoms with Crippen molar-refractivity contribution >= 4 is 11.4 Å². The Morgan fingerprint density at radius 2 is 2.31 bits per heavy atom. The van der Waals surface area contributed by atoms with Crippen LogP contribution in [0.2, 0.25) is 0 Å². The molecule has 3 heteroatoms. The number of nitrogen functional groups attached to an aromatic ring is 1. The molecule has 0 amide bonds. The molecule has 1 atom stereocenters. The molecule has 0 aromatic heterocycles. The van der Waals surface area contributed by atoms with Crippen molar-refractivity contribution in [2.75, 3.05) is 30.3 Å². The molecule has 1 fully saturated rings. The Morgan fingerprint density at radius 3 is 3.00 bits per heavy atom. The van der Waals surface area contributed by atoms with Gasteiger partial charge in [-0.2, -0.15) is 0 Å². The van der Waals surface area contributed by atoms with Crippen molar-refractivity contribution in [2.24, 2.45) is 5.92 Å². The van der Waals surface area contributed by atoms with Crippen molar-refractivity contribution in [3.05, 3.63) is 23.8 Å². The second kappa shape index (κ2) is 4.74. The predicted octanol–water partition coefficient (Wildman–Crippen LogP) is 1.79. The molecular formula is C13H20N2O. The second-order valence-corrected chi connectivity index (χ2v) is 4.63. The highest BCUT2D eigenvalue weighted by Gasteiger charge is 2.24. The summed E-state index contributed by atoms with van der Waals surface area (Å²) < 4.78 is 0. The van der Waals surface area contributed by atoms with Gasteiger partial charge in [0.05, 0.1) is 11.4 Å². The number of para-hydroxylation sites is 1. The van der Waals surface area contributed by atoms with Crippen LogP contribution in [0.25, 0.3) is 0 Å². The summed E-state index contributed by atoms with van der Waals surface area (Å²) in [6.07, 6.45) is 2.07. The number of anilines is 2. The number of aliphatic hydroxyl groups is 1. The normalized spacial score (nSPS) is 20.4. The van der Waals surface area contributed by atoms with E-state index in [1.54, 1.807) is 0 Å². The van der Waals surface area contributed by atoms with Crippen molar-refractivity contribution in [2.45, 2.75) is 19.8 Å². The average Bonchev–Trinajstić information content (AvgIpc) is 2.67. The molecule has 16 heavy (non-hydrogen) atoms. The van der Waals surface area contributed by atoms with Gasteiger partial charge in [-0.1, -0.05) is 12.1 Å². The lowest BCUT2D eigenvalue weighted by atomic mass is 10.1. The maximum atomic E-state index is 8.95. The van der Waals surface area contributed by atoms with Gasteiger partial charge in [0.2, 0.25) is 0 Å². The summed E-state index contributed by atoms with van der Waals surface area (Å²) in [6.45, 7) is 4.47. The van der Waals surface area contributed by atoms with Crippen LogP contribution in [0.4, 0.5) is 11.4 Å². The first-order chi connectivity index (χ1) is 7.72. The van der Waals surface area contributed by atoms with E-state index >= 15 is 0 Å². The van der Waals surface area contributed by atoms with E-state index in [4.69, 9.17) is 10.8 Å². The van der Waals surface area contributed by atoms with Gasteiger partial charge in [-0.25, -0.2) is 0 Å². The van der Waals surface area contributed by atoms with E-state index in [0.29, 0.717) is 12.5 Å². The van der Waals surface area contributed by atoms with E-state index in [1.807, 2.05) is 12.1 Å². The molecule has 1 unspecified atom stereocenters. The second-order valence-electron chi connectivity index (χ2n) is 4.63. The molecule has 1 heterocycles. The van der Waals surface area contributed by atoms with Crippen LogP contribution >= 0.6 is 0 Å². The van der Waals surface area contributed by atoms with Crippen LogP contribution < -0.4 is 10.6 Å². The van der Waals surface area contributed by atoms with E-state index in [-0.39, 0.29) is 0 Å². The van der Waals surface area contributed by atoms with Gasteiger partial charge < -0.3 is 15.7 Å². The molecule has 0 bridgehead atoms. The van der Waals surface area contributed by atoms with Crippen LogP contribution in [0.5, 0.6) is 0 Å². The zero-order chi connectivity index (χ0) is 11.5. The lowest BCUT2D eigenvalue weighted by Gasteiger charge is -2.22. The van der Waals surface area contributed by atoms with Crippen LogP contribution in [-0.2, 0) is 0 Å². The van der Waals surface area contributed by atoms with Gasteiger partial charge in [-0.05, 0) is 37.3 Å². The van der Waals surface area contributed by atoms with Gasteiger partial charge in [0.25, 0.3) is 0 Å². The third-order valence-corrected chi connectivity index (χ3v) is 3.41. The first-order valence-electron chi connectivity index (χ1n) is 5.93. The Morgan fingerprint density at radius 1 is 1.50 bits per heavy atom. The van der Waals surface area contributed by atoms with Gasteiger partial charge in [0.1, 0.15) is 0 Å². The molecule has 1 aromatic rings. The first-order valence-corrected chi connectivity index (χ1v) is 5.93. The molecule has 88 valence electrons. The SMILES string of the molecule is Cc1cccc(N)c1N1CCC(CCO)C1. The summed E-state index contributed by atoms with van der Waals surface area (Å²) >= 11 is 0. The molecular weight excluding hydrogens is 200 g/mol. The quantitative estimate of drug-likeness (QED) is 0.763. The average molecular weight is 220 g/mol. The number of nitrogens with zero attached hydrogens (tertiary/aromatic N) is 1. The van der Waals surface area contributed by atoms with Crippen LogP contribution in [0.3, 0.4) is 0 Å². The Balaban J connectivity index is 2.14. The van der Waals surface area contributed by atoms with E-state index in [2.05, 4.69) is 17.9 Å². The number of aryl methyl sites for hydroxylation is 1. The first kappa shape index (κ1) is 11.3. The minimum Gasteiger partial charge on any atom is -0.397 e. The molecule has 1 aliphatic heterocycles. The van der Waals surface area contributed by atoms with Gasteiger partial charge >= 0.3 is 0 Å². The highest BCUT2D eigenvalue weighted by molar-refractivity contribution is 5.71. The summed E-state index contributed by atoms with van der Waals surface area (Å²) in [6, 6.07) is 6.06. The topological polar surface area (TPSA) is 49.5 Å². The van der Waals surface area contributed by atoms with Crippen molar-refractivity contribution in [3.63, 3.8) is 0 Å². The smallest absolute Gasteiger partial charge is 0.0629 e. The number of rotatable bonds is 3. The van der Waals surface area contributed by atoms with Gasteiger partial charge in [0.15, 0.2) is 0 Å². The zero-order valence-electron chi connectivity index (χ0n) is 9.82. The fourth-order valence-corrected chi connectivity index (χ4v) is 2.57. The molecule has 0 spiro atoms. The molecule has 0 saturated carbocycles. The summed E-state index contributed by atoms with van der Waals surface area (Å²) in [5.74, 6) is 0.615. The molecule has 0 radical (unpaired) electrons. The largest absolute Gasteiger partial charge is 0.397 e. The third-order valence-electron chi connectivity index (χ3n) is 3.41. The molecule has 1 saturated heterocycles. The van der Waals surface area contributed by atoms with Crippen LogP contribution in [0.15, 0.2) is 18.2 Å². The maximum Gasteiger partial charge on any atom is 0.0629 e. The van der Waals surface area contributed by atoms with E-state index in [0.717, 1.165) is 31.6 Å². The van der Waals surface area contributed by atoms with E-state index in [1.165, 1.54) is 11.3 Å². The fourth-order valence-electron chi connectivity index (χ4n) is 2.57. The van der Waals surface area contributed by atoms with Crippen LogP contribution in [-0.4, -0.2) is 24.8 Å². The summed E-state index contributed by atoms with van der Waals surface area (Å²) in [4.78, 5) is 2.35. The lowest BCUT2D eigenvalue weighted by molar-refractivity contribution is 0.263. The van der Waals surface area contributed by atoms with Crippen LogP contribution in [0, 0.1) is 12.8 Å². The third kappa shape index (κ3) is 2.14. The standard InChI is InChI=1S/C13H20N2O/c1-10-3-2-4-12(14)13(10)15-7-5-11(9-15)6-8-16/h2-4,11,16H,5-9,14H2,1H3. The number of hydrogen-bond donors (Lipinski definition) is 2. The number of benzene rings is 1. The monoisotopic (exact) mass is 220 g/mol. The summed E-state index contributed by atoms with van der Waals surface area (Å²) in [5.41, 5.74) is 9.32.